The molecule has 6 heteroatoms. The lowest BCUT2D eigenvalue weighted by Gasteiger charge is -2.28. The van der Waals surface area contributed by atoms with Gasteiger partial charge in [-0.05, 0) is 36.6 Å². The van der Waals surface area contributed by atoms with E-state index in [1.165, 1.54) is 11.3 Å². The molecule has 3 rings (SSSR count). The first-order valence-electron chi connectivity index (χ1n) is 8.48. The van der Waals surface area contributed by atoms with Crippen LogP contribution in [0.4, 0.5) is 11.4 Å². The average molecular weight is 396 g/mol. The SMILES string of the molecule is CC1CN(C)c2ccccc2CN1C(=O)CCc1ccccc1N.Cl.Cl. The van der Waals surface area contributed by atoms with Crippen LogP contribution in [0.5, 0.6) is 0 Å². The first-order chi connectivity index (χ1) is 11.6. The van der Waals surface area contributed by atoms with Gasteiger partial charge in [0.05, 0.1) is 0 Å². The zero-order chi connectivity index (χ0) is 17.1. The molecule has 1 atom stereocenters. The lowest BCUT2D eigenvalue weighted by atomic mass is 10.1. The fourth-order valence-electron chi connectivity index (χ4n) is 3.43. The van der Waals surface area contributed by atoms with E-state index in [9.17, 15) is 4.79 Å². The second-order valence-corrected chi connectivity index (χ2v) is 6.58. The van der Waals surface area contributed by atoms with Crippen LogP contribution >= 0.6 is 24.8 Å². The minimum atomic E-state index is 0. The summed E-state index contributed by atoms with van der Waals surface area (Å²) in [5.74, 6) is 0.191. The highest BCUT2D eigenvalue weighted by Crippen LogP contribution is 2.26. The van der Waals surface area contributed by atoms with Gasteiger partial charge in [-0.25, -0.2) is 0 Å². The Hall–Kier alpha value is -1.91. The van der Waals surface area contributed by atoms with E-state index in [1.54, 1.807) is 0 Å². The number of hydrogen-bond donors (Lipinski definition) is 1. The summed E-state index contributed by atoms with van der Waals surface area (Å²) >= 11 is 0. The normalized spacial score (nSPS) is 16.0. The van der Waals surface area contributed by atoms with Crippen molar-refractivity contribution in [1.29, 1.82) is 0 Å². The standard InChI is InChI=1S/C20H25N3O.2ClH/c1-15-13-22(2)19-10-6-4-8-17(19)14-23(15)20(24)12-11-16-7-3-5-9-18(16)21;;/h3-10,15H,11-14,21H2,1-2H3;2*1H. The van der Waals surface area contributed by atoms with E-state index in [-0.39, 0.29) is 36.8 Å². The van der Waals surface area contributed by atoms with Gasteiger partial charge in [0.15, 0.2) is 0 Å². The third-order valence-corrected chi connectivity index (χ3v) is 4.80. The summed E-state index contributed by atoms with van der Waals surface area (Å²) in [6.45, 7) is 3.64. The number of nitrogens with two attached hydrogens (primary N) is 1. The quantitative estimate of drug-likeness (QED) is 0.801. The molecule has 26 heavy (non-hydrogen) atoms. The molecule has 1 amide bonds. The van der Waals surface area contributed by atoms with Gasteiger partial charge in [0.1, 0.15) is 0 Å². The maximum absolute atomic E-state index is 12.8. The van der Waals surface area contributed by atoms with E-state index in [0.29, 0.717) is 19.4 Å². The summed E-state index contributed by atoms with van der Waals surface area (Å²) < 4.78 is 0. The first-order valence-corrected chi connectivity index (χ1v) is 8.48. The molecule has 1 heterocycles. The van der Waals surface area contributed by atoms with Crippen molar-refractivity contribution in [3.05, 3.63) is 59.7 Å². The van der Waals surface area contributed by atoms with Gasteiger partial charge < -0.3 is 15.5 Å². The number of likely N-dealkylation sites (N-methyl/N-ethyl adjacent to an activating group) is 1. The third-order valence-electron chi connectivity index (χ3n) is 4.80. The van der Waals surface area contributed by atoms with Gasteiger partial charge in [0.25, 0.3) is 0 Å². The van der Waals surface area contributed by atoms with E-state index in [4.69, 9.17) is 5.73 Å². The predicted octanol–water partition coefficient (Wildman–Crippen LogP) is 3.91. The van der Waals surface area contributed by atoms with E-state index < -0.39 is 0 Å². The number of benzene rings is 2. The highest BCUT2D eigenvalue weighted by molar-refractivity contribution is 5.85. The summed E-state index contributed by atoms with van der Waals surface area (Å²) in [6, 6.07) is 16.3. The molecule has 0 fully saturated rings. The van der Waals surface area contributed by atoms with E-state index in [1.807, 2.05) is 35.2 Å². The molecule has 0 saturated carbocycles. The maximum atomic E-state index is 12.8. The zero-order valence-corrected chi connectivity index (χ0v) is 16.9. The Morgan fingerprint density at radius 1 is 1.12 bits per heavy atom. The lowest BCUT2D eigenvalue weighted by molar-refractivity contribution is -0.133. The molecule has 0 spiro atoms. The first kappa shape index (κ1) is 22.1. The van der Waals surface area contributed by atoms with Crippen LogP contribution in [0.15, 0.2) is 48.5 Å². The molecule has 2 aromatic rings. The average Bonchev–Trinajstić information content (AvgIpc) is 2.70. The van der Waals surface area contributed by atoms with Crippen LogP contribution in [-0.2, 0) is 17.8 Å². The monoisotopic (exact) mass is 395 g/mol. The second-order valence-electron chi connectivity index (χ2n) is 6.58. The number of nitrogens with zero attached hydrogens (tertiary/aromatic N) is 2. The van der Waals surface area contributed by atoms with Gasteiger partial charge in [-0.15, -0.1) is 24.8 Å². The smallest absolute Gasteiger partial charge is 0.223 e. The molecule has 1 unspecified atom stereocenters. The molecule has 1 aliphatic rings. The van der Waals surface area contributed by atoms with Gasteiger partial charge in [-0.3, -0.25) is 4.79 Å². The Morgan fingerprint density at radius 2 is 1.77 bits per heavy atom. The van der Waals surface area contributed by atoms with Crippen LogP contribution in [0.3, 0.4) is 0 Å². The molecule has 4 nitrogen and oxygen atoms in total. The molecular formula is C20H27Cl2N3O. The maximum Gasteiger partial charge on any atom is 0.223 e. The van der Waals surface area contributed by atoms with Crippen LogP contribution in [-0.4, -0.2) is 30.4 Å². The third kappa shape index (κ3) is 4.83. The Morgan fingerprint density at radius 3 is 2.50 bits per heavy atom. The van der Waals surface area contributed by atoms with Gasteiger partial charge in [-0.2, -0.15) is 0 Å². The van der Waals surface area contributed by atoms with Crippen LogP contribution in [0.2, 0.25) is 0 Å². The number of anilines is 2. The summed E-state index contributed by atoms with van der Waals surface area (Å²) in [5.41, 5.74) is 10.2. The minimum Gasteiger partial charge on any atom is -0.399 e. The molecule has 0 radical (unpaired) electrons. The largest absolute Gasteiger partial charge is 0.399 e. The Balaban J connectivity index is 0.00000169. The van der Waals surface area contributed by atoms with E-state index in [2.05, 4.69) is 37.1 Å². The van der Waals surface area contributed by atoms with Crippen molar-refractivity contribution in [3.8, 4) is 0 Å². The fraction of sp³-hybridized carbons (Fsp3) is 0.350. The zero-order valence-electron chi connectivity index (χ0n) is 15.2. The van der Waals surface area contributed by atoms with E-state index >= 15 is 0 Å². The molecule has 1 aliphatic heterocycles. The number of hydrogen-bond acceptors (Lipinski definition) is 3. The number of carbonyl (C=O) groups excluding carboxylic acids is 1. The summed E-state index contributed by atoms with van der Waals surface area (Å²) in [4.78, 5) is 17.1. The summed E-state index contributed by atoms with van der Waals surface area (Å²) in [6.07, 6.45) is 1.18. The second kappa shape index (κ2) is 9.70. The molecular weight excluding hydrogens is 369 g/mol. The molecule has 0 aromatic heterocycles. The number of aryl methyl sites for hydroxylation is 1. The van der Waals surface area contributed by atoms with E-state index in [0.717, 1.165) is 17.8 Å². The van der Waals surface area contributed by atoms with Crippen molar-refractivity contribution in [2.45, 2.75) is 32.4 Å². The van der Waals surface area contributed by atoms with Crippen LogP contribution < -0.4 is 10.6 Å². The summed E-state index contributed by atoms with van der Waals surface area (Å²) in [5, 5.41) is 0. The number of para-hydroxylation sites is 2. The van der Waals surface area contributed by atoms with Crippen molar-refractivity contribution in [3.63, 3.8) is 0 Å². The van der Waals surface area contributed by atoms with Crippen LogP contribution in [0.25, 0.3) is 0 Å². The van der Waals surface area contributed by atoms with Crippen LogP contribution in [0, 0.1) is 0 Å². The Kier molecular flexibility index (Phi) is 8.25. The number of amides is 1. The molecule has 2 N–H and O–H groups in total. The lowest BCUT2D eigenvalue weighted by Crippen LogP contribution is -2.42. The molecule has 0 bridgehead atoms. The Labute approximate surface area is 168 Å². The van der Waals surface area contributed by atoms with Gasteiger partial charge in [-0.1, -0.05) is 36.4 Å². The van der Waals surface area contributed by atoms with Gasteiger partial charge in [0, 0.05) is 44.0 Å². The number of nitrogen functional groups attached to an aromatic ring is 1. The van der Waals surface area contributed by atoms with Crippen molar-refractivity contribution in [2.24, 2.45) is 0 Å². The number of rotatable bonds is 3. The van der Waals surface area contributed by atoms with Crippen molar-refractivity contribution in [1.82, 2.24) is 4.90 Å². The van der Waals surface area contributed by atoms with Crippen molar-refractivity contribution in [2.75, 3.05) is 24.2 Å². The highest BCUT2D eigenvalue weighted by Gasteiger charge is 2.26. The fourth-order valence-corrected chi connectivity index (χ4v) is 3.43. The molecule has 0 aliphatic carbocycles. The van der Waals surface area contributed by atoms with Crippen molar-refractivity contribution < 1.29 is 4.79 Å². The predicted molar refractivity (Wildman–Crippen MR) is 113 cm³/mol. The minimum absolute atomic E-state index is 0. The van der Waals surface area contributed by atoms with Crippen molar-refractivity contribution >= 4 is 42.1 Å². The topological polar surface area (TPSA) is 49.6 Å². The number of carbonyl (C=O) groups is 1. The van der Waals surface area contributed by atoms with Gasteiger partial charge in [0.2, 0.25) is 5.91 Å². The van der Waals surface area contributed by atoms with Gasteiger partial charge >= 0.3 is 0 Å². The number of fused-ring (bicyclic) bond motifs is 1. The molecule has 2 aromatic carbocycles. The highest BCUT2D eigenvalue weighted by atomic mass is 35.5. The number of halogens is 2. The summed E-state index contributed by atoms with van der Waals surface area (Å²) in [7, 11) is 2.09. The molecule has 142 valence electrons. The Bertz CT molecular complexity index is 739. The van der Waals surface area contributed by atoms with Crippen LogP contribution in [0.1, 0.15) is 24.5 Å². The molecule has 0 saturated heterocycles.